The second-order valence-corrected chi connectivity index (χ2v) is 6.29. The van der Waals surface area contributed by atoms with E-state index in [9.17, 15) is 13.2 Å². The van der Waals surface area contributed by atoms with Crippen LogP contribution in [-0.2, 0) is 10.0 Å². The molecule has 2 rings (SSSR count). The molecule has 0 bridgehead atoms. The summed E-state index contributed by atoms with van der Waals surface area (Å²) in [5.74, 6) is 0.0396. The van der Waals surface area contributed by atoms with Crippen molar-refractivity contribution in [3.63, 3.8) is 0 Å². The molecule has 6 nitrogen and oxygen atoms in total. The van der Waals surface area contributed by atoms with Gasteiger partial charge in [0.2, 0.25) is 10.0 Å². The Morgan fingerprint density at radius 1 is 1.18 bits per heavy atom. The molecule has 116 valence electrons. The van der Waals surface area contributed by atoms with Gasteiger partial charge in [0.1, 0.15) is 5.75 Å². The van der Waals surface area contributed by atoms with Gasteiger partial charge in [0.05, 0.1) is 17.6 Å². The molecule has 2 aromatic carbocycles. The third kappa shape index (κ3) is 3.63. The van der Waals surface area contributed by atoms with Gasteiger partial charge < -0.3 is 10.1 Å². The lowest BCUT2D eigenvalue weighted by molar-refractivity contribution is 0.102. The third-order valence-corrected chi connectivity index (χ3v) is 3.93. The zero-order valence-electron chi connectivity index (χ0n) is 12.2. The van der Waals surface area contributed by atoms with E-state index < -0.39 is 15.9 Å². The predicted octanol–water partition coefficient (Wildman–Crippen LogP) is 1.90. The fraction of sp³-hybridized carbons (Fsp3) is 0.133. The van der Waals surface area contributed by atoms with Gasteiger partial charge in [-0.1, -0.05) is 17.7 Å². The first-order valence-corrected chi connectivity index (χ1v) is 7.95. The Balaban J connectivity index is 2.32. The van der Waals surface area contributed by atoms with E-state index in [0.717, 1.165) is 5.56 Å². The van der Waals surface area contributed by atoms with Gasteiger partial charge in [0.25, 0.3) is 5.91 Å². The number of amides is 1. The first kappa shape index (κ1) is 16.0. The molecule has 0 atom stereocenters. The third-order valence-electron chi connectivity index (χ3n) is 3.02. The van der Waals surface area contributed by atoms with Gasteiger partial charge in [-0.25, -0.2) is 13.6 Å². The molecule has 1 amide bonds. The summed E-state index contributed by atoms with van der Waals surface area (Å²) in [6.45, 7) is 1.86. The average Bonchev–Trinajstić information content (AvgIpc) is 2.46. The van der Waals surface area contributed by atoms with Crippen molar-refractivity contribution < 1.29 is 17.9 Å². The van der Waals surface area contributed by atoms with Crippen LogP contribution in [0.5, 0.6) is 5.75 Å². The maximum Gasteiger partial charge on any atom is 0.259 e. The highest BCUT2D eigenvalue weighted by molar-refractivity contribution is 7.89. The van der Waals surface area contributed by atoms with E-state index in [-0.39, 0.29) is 4.90 Å². The molecule has 0 saturated carbocycles. The molecule has 22 heavy (non-hydrogen) atoms. The van der Waals surface area contributed by atoms with Crippen LogP contribution in [0.3, 0.4) is 0 Å². The Hall–Kier alpha value is -2.38. The topological polar surface area (TPSA) is 98.5 Å². The number of benzene rings is 2. The number of nitrogens with two attached hydrogens (primary N) is 1. The maximum absolute atomic E-state index is 12.3. The van der Waals surface area contributed by atoms with Crippen molar-refractivity contribution in [3.8, 4) is 5.75 Å². The lowest BCUT2D eigenvalue weighted by Gasteiger charge is -2.10. The average molecular weight is 320 g/mol. The smallest absolute Gasteiger partial charge is 0.259 e. The molecule has 0 saturated heterocycles. The fourth-order valence-electron chi connectivity index (χ4n) is 1.95. The number of ether oxygens (including phenoxy) is 1. The second kappa shape index (κ2) is 6.17. The van der Waals surface area contributed by atoms with Crippen LogP contribution in [0.4, 0.5) is 5.69 Å². The van der Waals surface area contributed by atoms with Gasteiger partial charge in [0, 0.05) is 5.69 Å². The number of sulfonamides is 1. The molecular weight excluding hydrogens is 304 g/mol. The molecule has 2 aromatic rings. The summed E-state index contributed by atoms with van der Waals surface area (Å²) in [6.07, 6.45) is 0. The van der Waals surface area contributed by atoms with Crippen LogP contribution < -0.4 is 15.2 Å². The van der Waals surface area contributed by atoms with E-state index in [0.29, 0.717) is 17.0 Å². The van der Waals surface area contributed by atoms with E-state index in [1.165, 1.54) is 25.3 Å². The summed E-state index contributed by atoms with van der Waals surface area (Å²) in [5, 5.41) is 7.71. The molecule has 0 aliphatic rings. The van der Waals surface area contributed by atoms with Crippen molar-refractivity contribution in [2.75, 3.05) is 12.4 Å². The molecule has 0 spiro atoms. The number of rotatable bonds is 4. The summed E-state index contributed by atoms with van der Waals surface area (Å²) >= 11 is 0. The first-order chi connectivity index (χ1) is 10.3. The van der Waals surface area contributed by atoms with Gasteiger partial charge in [-0.05, 0) is 37.3 Å². The lowest BCUT2D eigenvalue weighted by Crippen LogP contribution is -2.15. The number of carbonyl (C=O) groups is 1. The number of hydrogen-bond acceptors (Lipinski definition) is 4. The highest BCUT2D eigenvalue weighted by Crippen LogP contribution is 2.22. The number of primary sulfonamides is 1. The minimum atomic E-state index is -3.82. The normalized spacial score (nSPS) is 11.0. The molecule has 0 heterocycles. The Kier molecular flexibility index (Phi) is 4.48. The number of carbonyl (C=O) groups excluding carboxylic acids is 1. The molecule has 0 aromatic heterocycles. The van der Waals surface area contributed by atoms with Gasteiger partial charge >= 0.3 is 0 Å². The summed E-state index contributed by atoms with van der Waals surface area (Å²) in [7, 11) is -2.35. The first-order valence-electron chi connectivity index (χ1n) is 6.40. The number of hydrogen-bond donors (Lipinski definition) is 2. The number of methoxy groups -OCH3 is 1. The van der Waals surface area contributed by atoms with E-state index in [1.807, 2.05) is 13.0 Å². The van der Waals surface area contributed by atoms with Crippen molar-refractivity contribution in [2.24, 2.45) is 5.14 Å². The minimum absolute atomic E-state index is 0.0680. The SMILES string of the molecule is COc1ccc(C)cc1C(=O)Nc1cccc(S(N)(=O)=O)c1. The van der Waals surface area contributed by atoms with Crippen molar-refractivity contribution in [3.05, 3.63) is 53.6 Å². The van der Waals surface area contributed by atoms with Crippen LogP contribution in [0, 0.1) is 6.92 Å². The molecule has 7 heteroatoms. The van der Waals surface area contributed by atoms with Gasteiger partial charge in [-0.2, -0.15) is 0 Å². The highest BCUT2D eigenvalue weighted by Gasteiger charge is 2.14. The summed E-state index contributed by atoms with van der Waals surface area (Å²) in [6, 6.07) is 11.0. The van der Waals surface area contributed by atoms with Gasteiger partial charge in [0.15, 0.2) is 0 Å². The Bertz CT molecular complexity index is 816. The Morgan fingerprint density at radius 2 is 1.91 bits per heavy atom. The van der Waals surface area contributed by atoms with E-state index in [1.54, 1.807) is 18.2 Å². The van der Waals surface area contributed by atoms with Crippen LogP contribution in [0.1, 0.15) is 15.9 Å². The molecule has 0 radical (unpaired) electrons. The van der Waals surface area contributed by atoms with Crippen LogP contribution in [0.15, 0.2) is 47.4 Å². The summed E-state index contributed by atoms with van der Waals surface area (Å²) < 4.78 is 27.8. The summed E-state index contributed by atoms with van der Waals surface area (Å²) in [5.41, 5.74) is 1.60. The van der Waals surface area contributed by atoms with E-state index in [2.05, 4.69) is 5.32 Å². The van der Waals surface area contributed by atoms with Crippen molar-refractivity contribution >= 4 is 21.6 Å². The van der Waals surface area contributed by atoms with Crippen LogP contribution in [0.25, 0.3) is 0 Å². The van der Waals surface area contributed by atoms with Crippen molar-refractivity contribution in [1.82, 2.24) is 0 Å². The standard InChI is InChI=1S/C15H16N2O4S/c1-10-6-7-14(21-2)13(8-10)15(18)17-11-4-3-5-12(9-11)22(16,19)20/h3-9H,1-2H3,(H,17,18)(H2,16,19,20). The van der Waals surface area contributed by atoms with Crippen molar-refractivity contribution in [2.45, 2.75) is 11.8 Å². The second-order valence-electron chi connectivity index (χ2n) is 4.73. The van der Waals surface area contributed by atoms with E-state index in [4.69, 9.17) is 9.88 Å². The minimum Gasteiger partial charge on any atom is -0.496 e. The number of aryl methyl sites for hydroxylation is 1. The summed E-state index contributed by atoms with van der Waals surface area (Å²) in [4.78, 5) is 12.3. The number of anilines is 1. The monoisotopic (exact) mass is 320 g/mol. The molecule has 0 aliphatic carbocycles. The predicted molar refractivity (Wildman–Crippen MR) is 83.5 cm³/mol. The quantitative estimate of drug-likeness (QED) is 0.899. The van der Waals surface area contributed by atoms with Crippen LogP contribution in [0.2, 0.25) is 0 Å². The zero-order chi connectivity index (χ0) is 16.3. The molecule has 0 unspecified atom stereocenters. The maximum atomic E-state index is 12.3. The Morgan fingerprint density at radius 3 is 2.55 bits per heavy atom. The van der Waals surface area contributed by atoms with Gasteiger partial charge in [-0.3, -0.25) is 4.79 Å². The molecule has 3 N–H and O–H groups in total. The largest absolute Gasteiger partial charge is 0.496 e. The van der Waals surface area contributed by atoms with E-state index >= 15 is 0 Å². The molecular formula is C15H16N2O4S. The fourth-order valence-corrected chi connectivity index (χ4v) is 2.51. The molecule has 0 aliphatic heterocycles. The number of nitrogens with one attached hydrogen (secondary N) is 1. The van der Waals surface area contributed by atoms with Crippen LogP contribution in [-0.4, -0.2) is 21.4 Å². The van der Waals surface area contributed by atoms with Crippen molar-refractivity contribution in [1.29, 1.82) is 0 Å². The molecule has 0 fully saturated rings. The van der Waals surface area contributed by atoms with Gasteiger partial charge in [-0.15, -0.1) is 0 Å². The highest BCUT2D eigenvalue weighted by atomic mass is 32.2. The zero-order valence-corrected chi connectivity index (χ0v) is 13.0. The Labute approximate surface area is 129 Å². The van der Waals surface area contributed by atoms with Crippen LogP contribution >= 0.6 is 0 Å². The lowest BCUT2D eigenvalue weighted by atomic mass is 10.1.